The first-order chi connectivity index (χ1) is 9.24. The Bertz CT molecular complexity index is 476. The molecular formula is C14H20N2O2S. The summed E-state index contributed by atoms with van der Waals surface area (Å²) in [6.45, 7) is 2.85. The third-order valence-electron chi connectivity index (χ3n) is 3.01. The fourth-order valence-electron chi connectivity index (χ4n) is 2.07. The molecule has 2 unspecified atom stereocenters. The number of para-hydroxylation sites is 1. The molecule has 104 valence electrons. The number of benzene rings is 1. The van der Waals surface area contributed by atoms with Crippen LogP contribution in [0.25, 0.3) is 10.2 Å². The summed E-state index contributed by atoms with van der Waals surface area (Å²) < 4.78 is 6.37. The molecule has 0 aliphatic carbocycles. The summed E-state index contributed by atoms with van der Waals surface area (Å²) >= 11 is 1.71. The normalized spacial score (nSPS) is 14.7. The molecule has 0 aliphatic rings. The summed E-state index contributed by atoms with van der Waals surface area (Å²) in [5, 5.41) is 13.6. The maximum atomic E-state index is 9.05. The van der Waals surface area contributed by atoms with Crippen molar-refractivity contribution in [2.75, 3.05) is 20.3 Å². The zero-order valence-electron chi connectivity index (χ0n) is 11.3. The van der Waals surface area contributed by atoms with Crippen LogP contribution >= 0.6 is 11.3 Å². The SMILES string of the molecule is COCC(CCO)NC(C)c1nc2ccccc2s1. The van der Waals surface area contributed by atoms with Gasteiger partial charge in [-0.1, -0.05) is 12.1 Å². The van der Waals surface area contributed by atoms with Crippen LogP contribution in [0.4, 0.5) is 0 Å². The van der Waals surface area contributed by atoms with Crippen LogP contribution in [-0.2, 0) is 4.74 Å². The van der Waals surface area contributed by atoms with Crippen molar-refractivity contribution >= 4 is 21.6 Å². The highest BCUT2D eigenvalue weighted by Gasteiger charge is 2.16. The number of aromatic nitrogens is 1. The molecule has 0 amide bonds. The van der Waals surface area contributed by atoms with E-state index in [1.165, 1.54) is 4.70 Å². The van der Waals surface area contributed by atoms with Gasteiger partial charge < -0.3 is 15.2 Å². The van der Waals surface area contributed by atoms with Gasteiger partial charge in [0.05, 0.1) is 22.9 Å². The van der Waals surface area contributed by atoms with Gasteiger partial charge >= 0.3 is 0 Å². The molecule has 0 saturated carbocycles. The molecule has 2 atom stereocenters. The highest BCUT2D eigenvalue weighted by molar-refractivity contribution is 7.18. The van der Waals surface area contributed by atoms with Crippen LogP contribution in [0.3, 0.4) is 0 Å². The van der Waals surface area contributed by atoms with E-state index < -0.39 is 0 Å². The Kier molecular flexibility index (Phi) is 5.27. The Morgan fingerprint density at radius 3 is 2.89 bits per heavy atom. The van der Waals surface area contributed by atoms with E-state index in [-0.39, 0.29) is 18.7 Å². The third-order valence-corrected chi connectivity index (χ3v) is 4.23. The first kappa shape index (κ1) is 14.4. The van der Waals surface area contributed by atoms with Crippen molar-refractivity contribution in [1.29, 1.82) is 0 Å². The molecule has 1 aromatic carbocycles. The summed E-state index contributed by atoms with van der Waals surface area (Å²) in [6.07, 6.45) is 0.684. The number of hydrogen-bond acceptors (Lipinski definition) is 5. The van der Waals surface area contributed by atoms with Gasteiger partial charge in [0.25, 0.3) is 0 Å². The van der Waals surface area contributed by atoms with Gasteiger partial charge in [-0.2, -0.15) is 0 Å². The molecular weight excluding hydrogens is 260 g/mol. The summed E-state index contributed by atoms with van der Waals surface area (Å²) in [5.41, 5.74) is 1.04. The molecule has 0 saturated heterocycles. The maximum Gasteiger partial charge on any atom is 0.111 e. The number of aliphatic hydroxyl groups excluding tert-OH is 1. The Morgan fingerprint density at radius 2 is 2.21 bits per heavy atom. The molecule has 2 rings (SSSR count). The van der Waals surface area contributed by atoms with Crippen molar-refractivity contribution in [3.63, 3.8) is 0 Å². The average molecular weight is 280 g/mol. The lowest BCUT2D eigenvalue weighted by Crippen LogP contribution is -2.35. The van der Waals surface area contributed by atoms with Crippen molar-refractivity contribution in [2.24, 2.45) is 0 Å². The second-order valence-corrected chi connectivity index (χ2v) is 5.63. The fraction of sp³-hybridized carbons (Fsp3) is 0.500. The van der Waals surface area contributed by atoms with Crippen LogP contribution in [-0.4, -0.2) is 36.5 Å². The van der Waals surface area contributed by atoms with Gasteiger partial charge in [-0.25, -0.2) is 4.98 Å². The van der Waals surface area contributed by atoms with Crippen molar-refractivity contribution in [2.45, 2.75) is 25.4 Å². The number of ether oxygens (including phenoxy) is 1. The zero-order chi connectivity index (χ0) is 13.7. The van der Waals surface area contributed by atoms with Crippen molar-refractivity contribution < 1.29 is 9.84 Å². The van der Waals surface area contributed by atoms with Gasteiger partial charge in [0.1, 0.15) is 5.01 Å². The molecule has 0 spiro atoms. The van der Waals surface area contributed by atoms with E-state index in [1.807, 2.05) is 18.2 Å². The predicted molar refractivity (Wildman–Crippen MR) is 78.5 cm³/mol. The number of hydrogen-bond donors (Lipinski definition) is 2. The number of methoxy groups -OCH3 is 1. The van der Waals surface area contributed by atoms with Crippen molar-refractivity contribution in [1.82, 2.24) is 10.3 Å². The molecule has 4 nitrogen and oxygen atoms in total. The molecule has 5 heteroatoms. The van der Waals surface area contributed by atoms with Crippen LogP contribution < -0.4 is 5.32 Å². The monoisotopic (exact) mass is 280 g/mol. The van der Waals surface area contributed by atoms with Crippen LogP contribution in [0, 0.1) is 0 Å². The Hall–Kier alpha value is -1.01. The predicted octanol–water partition coefficient (Wildman–Crippen LogP) is 2.34. The van der Waals surface area contributed by atoms with E-state index in [2.05, 4.69) is 23.3 Å². The highest BCUT2D eigenvalue weighted by atomic mass is 32.1. The van der Waals surface area contributed by atoms with Crippen molar-refractivity contribution in [3.05, 3.63) is 29.3 Å². The quantitative estimate of drug-likeness (QED) is 0.817. The molecule has 19 heavy (non-hydrogen) atoms. The van der Waals surface area contributed by atoms with Gasteiger partial charge in [-0.3, -0.25) is 0 Å². The molecule has 0 fully saturated rings. The van der Waals surface area contributed by atoms with E-state index in [0.717, 1.165) is 10.5 Å². The van der Waals surface area contributed by atoms with Crippen LogP contribution in [0.5, 0.6) is 0 Å². The largest absolute Gasteiger partial charge is 0.396 e. The minimum atomic E-state index is 0.150. The molecule has 2 aromatic rings. The van der Waals surface area contributed by atoms with Gasteiger partial charge in [0, 0.05) is 19.8 Å². The highest BCUT2D eigenvalue weighted by Crippen LogP contribution is 2.26. The van der Waals surface area contributed by atoms with Crippen LogP contribution in [0.15, 0.2) is 24.3 Å². The molecule has 1 aromatic heterocycles. The second-order valence-electron chi connectivity index (χ2n) is 4.57. The van der Waals surface area contributed by atoms with Crippen molar-refractivity contribution in [3.8, 4) is 0 Å². The van der Waals surface area contributed by atoms with E-state index in [1.54, 1.807) is 18.4 Å². The number of aliphatic hydroxyl groups is 1. The molecule has 0 bridgehead atoms. The summed E-state index contributed by atoms with van der Waals surface area (Å²) in [6, 6.07) is 8.46. The van der Waals surface area contributed by atoms with E-state index in [9.17, 15) is 0 Å². The number of thiazole rings is 1. The number of rotatable bonds is 7. The lowest BCUT2D eigenvalue weighted by atomic mass is 10.2. The summed E-state index contributed by atoms with van der Waals surface area (Å²) in [5.74, 6) is 0. The van der Waals surface area contributed by atoms with E-state index in [4.69, 9.17) is 9.84 Å². The smallest absolute Gasteiger partial charge is 0.111 e. The lowest BCUT2D eigenvalue weighted by Gasteiger charge is -2.20. The maximum absolute atomic E-state index is 9.05. The molecule has 1 heterocycles. The Labute approximate surface area is 117 Å². The van der Waals surface area contributed by atoms with Gasteiger partial charge in [0.2, 0.25) is 0 Å². The molecule has 0 aliphatic heterocycles. The van der Waals surface area contributed by atoms with Crippen LogP contribution in [0.2, 0.25) is 0 Å². The minimum absolute atomic E-state index is 0.150. The number of nitrogens with zero attached hydrogens (tertiary/aromatic N) is 1. The topological polar surface area (TPSA) is 54.4 Å². The summed E-state index contributed by atoms with van der Waals surface area (Å²) in [7, 11) is 1.68. The van der Waals surface area contributed by atoms with Crippen LogP contribution in [0.1, 0.15) is 24.4 Å². The molecule has 0 radical (unpaired) electrons. The fourth-order valence-corrected chi connectivity index (χ4v) is 3.05. The second kappa shape index (κ2) is 6.96. The first-order valence-corrected chi connectivity index (χ1v) is 7.27. The molecule has 2 N–H and O–H groups in total. The van der Waals surface area contributed by atoms with E-state index >= 15 is 0 Å². The van der Waals surface area contributed by atoms with Gasteiger partial charge in [-0.15, -0.1) is 11.3 Å². The summed E-state index contributed by atoms with van der Waals surface area (Å²) in [4.78, 5) is 4.64. The number of fused-ring (bicyclic) bond motifs is 1. The third kappa shape index (κ3) is 3.73. The first-order valence-electron chi connectivity index (χ1n) is 6.46. The number of nitrogens with one attached hydrogen (secondary N) is 1. The zero-order valence-corrected chi connectivity index (χ0v) is 12.1. The average Bonchev–Trinajstić information content (AvgIpc) is 2.83. The van der Waals surface area contributed by atoms with Gasteiger partial charge in [-0.05, 0) is 25.5 Å². The van der Waals surface area contributed by atoms with E-state index in [0.29, 0.717) is 13.0 Å². The van der Waals surface area contributed by atoms with Gasteiger partial charge in [0.15, 0.2) is 0 Å². The Morgan fingerprint density at radius 1 is 1.42 bits per heavy atom. The lowest BCUT2D eigenvalue weighted by molar-refractivity contribution is 0.143. The standard InChI is InChI=1S/C14H20N2O2S/c1-10(15-11(7-8-17)9-18-2)14-16-12-5-3-4-6-13(12)19-14/h3-6,10-11,15,17H,7-9H2,1-2H3. The minimum Gasteiger partial charge on any atom is -0.396 e. The Balaban J connectivity index is 2.07.